The predicted molar refractivity (Wildman–Crippen MR) is 118 cm³/mol. The van der Waals surface area contributed by atoms with Crippen LogP contribution in [0.15, 0.2) is 42.6 Å². The molecule has 1 N–H and O–H groups in total. The molecule has 29 heavy (non-hydrogen) atoms. The highest BCUT2D eigenvalue weighted by Crippen LogP contribution is 2.31. The van der Waals surface area contributed by atoms with Gasteiger partial charge in [-0.3, -0.25) is 4.79 Å². The monoisotopic (exact) mass is 388 g/mol. The van der Waals surface area contributed by atoms with Crippen molar-refractivity contribution in [3.05, 3.63) is 59.4 Å². The number of benzene rings is 1. The van der Waals surface area contributed by atoms with Crippen molar-refractivity contribution in [3.8, 4) is 0 Å². The van der Waals surface area contributed by atoms with Crippen LogP contribution in [-0.2, 0) is 6.42 Å². The normalized spacial score (nSPS) is 16.8. The Hall–Kier alpha value is -2.95. The lowest BCUT2D eigenvalue weighted by Gasteiger charge is -2.34. The van der Waals surface area contributed by atoms with Gasteiger partial charge in [-0.2, -0.15) is 0 Å². The number of aromatic nitrogens is 2. The van der Waals surface area contributed by atoms with Crippen molar-refractivity contribution in [3.63, 3.8) is 0 Å². The smallest absolute Gasteiger partial charge is 0.257 e. The number of amides is 1. The van der Waals surface area contributed by atoms with Gasteiger partial charge in [0.2, 0.25) is 0 Å². The fraction of sp³-hybridized carbons (Fsp3) is 0.375. The van der Waals surface area contributed by atoms with Crippen LogP contribution in [0.4, 0.5) is 11.4 Å². The molecule has 150 valence electrons. The summed E-state index contributed by atoms with van der Waals surface area (Å²) in [5.74, 6) is 0.0415. The molecule has 0 aliphatic carbocycles. The van der Waals surface area contributed by atoms with Crippen molar-refractivity contribution in [1.82, 2.24) is 14.9 Å². The number of likely N-dealkylation sites (tertiary alicyclic amines) is 1. The number of nitrogens with one attached hydrogen (secondary N) is 1. The Labute approximate surface area is 172 Å². The molecule has 0 unspecified atom stereocenters. The summed E-state index contributed by atoms with van der Waals surface area (Å²) in [7, 11) is 0. The lowest BCUT2D eigenvalue weighted by Crippen LogP contribution is -2.42. The van der Waals surface area contributed by atoms with Crippen LogP contribution in [0.5, 0.6) is 0 Å². The number of pyridine rings is 2. The molecule has 4 rings (SSSR count). The number of fused-ring (bicyclic) bond motifs is 1. The topological polar surface area (TPSA) is 58.1 Å². The van der Waals surface area contributed by atoms with E-state index in [1.54, 1.807) is 6.20 Å². The second-order valence-electron chi connectivity index (χ2n) is 7.89. The molecule has 5 nitrogen and oxygen atoms in total. The van der Waals surface area contributed by atoms with Crippen LogP contribution >= 0.6 is 0 Å². The number of aryl methyl sites for hydroxylation is 2. The number of carbonyl (C=O) groups excluding carboxylic acids is 1. The van der Waals surface area contributed by atoms with Gasteiger partial charge in [-0.05, 0) is 69.4 Å². The molecule has 3 aromatic rings. The minimum atomic E-state index is 0.0415. The quantitative estimate of drug-likeness (QED) is 0.662. The van der Waals surface area contributed by atoms with E-state index in [4.69, 9.17) is 0 Å². The van der Waals surface area contributed by atoms with Crippen LogP contribution < -0.4 is 5.32 Å². The summed E-state index contributed by atoms with van der Waals surface area (Å²) in [4.78, 5) is 24.5. The van der Waals surface area contributed by atoms with Gasteiger partial charge in [0.1, 0.15) is 0 Å². The molecular weight excluding hydrogens is 360 g/mol. The summed E-state index contributed by atoms with van der Waals surface area (Å²) in [6.07, 6.45) is 5.96. The highest BCUT2D eigenvalue weighted by molar-refractivity contribution is 6.07. The molecule has 0 radical (unpaired) electrons. The Morgan fingerprint density at radius 1 is 1.17 bits per heavy atom. The molecular formula is C24H28N4O. The molecule has 1 amide bonds. The summed E-state index contributed by atoms with van der Waals surface area (Å²) in [6.45, 7) is 7.03. The second-order valence-corrected chi connectivity index (χ2v) is 7.89. The van der Waals surface area contributed by atoms with Crippen molar-refractivity contribution in [2.45, 2.75) is 52.5 Å². The fourth-order valence-corrected chi connectivity index (χ4v) is 3.99. The molecule has 3 heterocycles. The van der Waals surface area contributed by atoms with E-state index in [1.165, 1.54) is 12.0 Å². The van der Waals surface area contributed by atoms with Crippen LogP contribution in [0.2, 0.25) is 0 Å². The zero-order chi connectivity index (χ0) is 20.4. The number of nitrogens with zero attached hydrogens (tertiary/aromatic N) is 3. The number of hydrogen-bond donors (Lipinski definition) is 1. The molecule has 1 aliphatic heterocycles. The van der Waals surface area contributed by atoms with Gasteiger partial charge in [0.25, 0.3) is 5.91 Å². The van der Waals surface area contributed by atoms with E-state index in [0.717, 1.165) is 48.3 Å². The zero-order valence-corrected chi connectivity index (χ0v) is 17.4. The molecule has 0 bridgehead atoms. The number of anilines is 2. The lowest BCUT2D eigenvalue weighted by molar-refractivity contribution is 0.0636. The van der Waals surface area contributed by atoms with E-state index in [9.17, 15) is 4.79 Å². The van der Waals surface area contributed by atoms with Crippen LogP contribution in [0.1, 0.15) is 54.7 Å². The Bertz CT molecular complexity index is 1030. The van der Waals surface area contributed by atoms with Gasteiger partial charge >= 0.3 is 0 Å². The molecule has 0 saturated carbocycles. The number of carbonyl (C=O) groups is 1. The third-order valence-corrected chi connectivity index (χ3v) is 5.79. The Morgan fingerprint density at radius 3 is 2.69 bits per heavy atom. The van der Waals surface area contributed by atoms with Crippen molar-refractivity contribution in [1.29, 1.82) is 0 Å². The van der Waals surface area contributed by atoms with Crippen molar-refractivity contribution < 1.29 is 4.79 Å². The van der Waals surface area contributed by atoms with Crippen molar-refractivity contribution in [2.24, 2.45) is 0 Å². The van der Waals surface area contributed by atoms with Crippen LogP contribution in [0.3, 0.4) is 0 Å². The van der Waals surface area contributed by atoms with Gasteiger partial charge in [0.15, 0.2) is 5.65 Å². The largest absolute Gasteiger partial charge is 0.354 e. The van der Waals surface area contributed by atoms with E-state index in [1.807, 2.05) is 24.0 Å². The maximum Gasteiger partial charge on any atom is 0.257 e. The first kappa shape index (κ1) is 19.4. The first-order chi connectivity index (χ1) is 14.1. The lowest BCUT2D eigenvalue weighted by atomic mass is 10.0. The number of piperidine rings is 1. The van der Waals surface area contributed by atoms with E-state index in [0.29, 0.717) is 11.2 Å². The van der Waals surface area contributed by atoms with Gasteiger partial charge in [0, 0.05) is 35.6 Å². The Kier molecular flexibility index (Phi) is 5.47. The summed E-state index contributed by atoms with van der Waals surface area (Å²) in [6, 6.07) is 12.6. The SMILES string of the molecule is CCc1ccc(Nc2c(C(=O)N3CCCC[C@H]3C)cnc3nc(C)ccc23)cc1. The van der Waals surface area contributed by atoms with Gasteiger partial charge in [-0.1, -0.05) is 19.1 Å². The second kappa shape index (κ2) is 8.19. The van der Waals surface area contributed by atoms with Crippen LogP contribution in [0, 0.1) is 6.92 Å². The first-order valence-corrected chi connectivity index (χ1v) is 10.5. The standard InChI is InChI=1S/C24H28N4O/c1-4-18-9-11-19(12-10-18)27-22-20-13-8-16(2)26-23(20)25-15-21(22)24(29)28-14-6-5-7-17(28)3/h8-13,15,17H,4-7,14H2,1-3H3,(H,25,26,27)/t17-/m1/s1. The summed E-state index contributed by atoms with van der Waals surface area (Å²) < 4.78 is 0. The van der Waals surface area contributed by atoms with Gasteiger partial charge < -0.3 is 10.2 Å². The molecule has 2 aromatic heterocycles. The maximum atomic E-state index is 13.5. The molecule has 1 atom stereocenters. The zero-order valence-electron chi connectivity index (χ0n) is 17.4. The van der Waals surface area contributed by atoms with E-state index in [2.05, 4.69) is 53.4 Å². The number of rotatable bonds is 4. The van der Waals surface area contributed by atoms with Gasteiger partial charge in [-0.25, -0.2) is 9.97 Å². The van der Waals surface area contributed by atoms with E-state index in [-0.39, 0.29) is 11.9 Å². The Morgan fingerprint density at radius 2 is 1.97 bits per heavy atom. The van der Waals surface area contributed by atoms with E-state index >= 15 is 0 Å². The molecule has 5 heteroatoms. The predicted octanol–water partition coefficient (Wildman–Crippen LogP) is 5.26. The molecule has 1 saturated heterocycles. The van der Waals surface area contributed by atoms with Gasteiger partial charge in [0.05, 0.1) is 11.3 Å². The third kappa shape index (κ3) is 3.95. The van der Waals surface area contributed by atoms with Crippen LogP contribution in [0.25, 0.3) is 11.0 Å². The summed E-state index contributed by atoms with van der Waals surface area (Å²) in [5.41, 5.74) is 5.20. The average Bonchev–Trinajstić information content (AvgIpc) is 2.74. The Balaban J connectivity index is 1.79. The van der Waals surface area contributed by atoms with Crippen molar-refractivity contribution in [2.75, 3.05) is 11.9 Å². The molecule has 1 fully saturated rings. The van der Waals surface area contributed by atoms with Crippen LogP contribution in [-0.4, -0.2) is 33.4 Å². The minimum absolute atomic E-state index is 0.0415. The average molecular weight is 389 g/mol. The highest BCUT2D eigenvalue weighted by Gasteiger charge is 2.27. The maximum absolute atomic E-state index is 13.5. The molecule has 1 aliphatic rings. The molecule has 0 spiro atoms. The van der Waals surface area contributed by atoms with Crippen molar-refractivity contribution >= 4 is 28.3 Å². The summed E-state index contributed by atoms with van der Waals surface area (Å²) >= 11 is 0. The fourth-order valence-electron chi connectivity index (χ4n) is 3.99. The molecule has 1 aromatic carbocycles. The van der Waals surface area contributed by atoms with E-state index < -0.39 is 0 Å². The highest BCUT2D eigenvalue weighted by atomic mass is 16.2. The number of hydrogen-bond acceptors (Lipinski definition) is 4. The minimum Gasteiger partial charge on any atom is -0.354 e. The van der Waals surface area contributed by atoms with Gasteiger partial charge in [-0.15, -0.1) is 0 Å². The summed E-state index contributed by atoms with van der Waals surface area (Å²) in [5, 5.41) is 4.36. The first-order valence-electron chi connectivity index (χ1n) is 10.5. The third-order valence-electron chi connectivity index (χ3n) is 5.79.